The van der Waals surface area contributed by atoms with Gasteiger partial charge in [-0.15, -0.1) is 0 Å². The maximum Gasteiger partial charge on any atom is 0.333 e. The molecule has 0 radical (unpaired) electrons. The molecule has 0 rings (SSSR count). The second-order valence-corrected chi connectivity index (χ2v) is 2.35. The van der Waals surface area contributed by atoms with Crippen molar-refractivity contribution in [3.63, 3.8) is 0 Å². The molecule has 0 aromatic rings. The Morgan fingerprint density at radius 2 is 1.85 bits per heavy atom. The van der Waals surface area contributed by atoms with E-state index < -0.39 is 5.97 Å². The van der Waals surface area contributed by atoms with Crippen molar-refractivity contribution in [2.45, 2.75) is 19.8 Å². The summed E-state index contributed by atoms with van der Waals surface area (Å²) >= 11 is 0. The van der Waals surface area contributed by atoms with Gasteiger partial charge in [-0.05, 0) is 6.42 Å². The number of methoxy groups -OCH3 is 2. The van der Waals surface area contributed by atoms with E-state index in [2.05, 4.69) is 9.47 Å². The zero-order chi connectivity index (χ0) is 10.3. The predicted octanol–water partition coefficient (Wildman–Crippen LogP) is 1.06. The highest BCUT2D eigenvalue weighted by Gasteiger charge is 2.07. The summed E-state index contributed by atoms with van der Waals surface area (Å²) < 4.78 is 8.93. The molecule has 4 heteroatoms. The maximum atomic E-state index is 11.0. The van der Waals surface area contributed by atoms with E-state index >= 15 is 0 Å². The number of ether oxygens (including phenoxy) is 2. The van der Waals surface area contributed by atoms with E-state index in [0.717, 1.165) is 0 Å². The zero-order valence-corrected chi connectivity index (χ0v) is 8.12. The predicted molar refractivity (Wildman–Crippen MR) is 47.0 cm³/mol. The molecule has 74 valence electrons. The minimum atomic E-state index is -0.397. The molecule has 0 N–H and O–H groups in total. The Kier molecular flexibility index (Phi) is 5.59. The fourth-order valence-electron chi connectivity index (χ4n) is 0.793. The van der Waals surface area contributed by atoms with Gasteiger partial charge in [-0.2, -0.15) is 0 Å². The first-order valence-electron chi connectivity index (χ1n) is 3.99. The Bertz CT molecular complexity index is 218. The van der Waals surface area contributed by atoms with Crippen LogP contribution in [-0.2, 0) is 19.1 Å². The highest BCUT2D eigenvalue weighted by atomic mass is 16.5. The van der Waals surface area contributed by atoms with Crippen LogP contribution < -0.4 is 0 Å². The molecular formula is C9H14O4. The van der Waals surface area contributed by atoms with Gasteiger partial charge in [-0.1, -0.05) is 13.0 Å². The van der Waals surface area contributed by atoms with Crippen LogP contribution in [0.5, 0.6) is 0 Å². The van der Waals surface area contributed by atoms with E-state index in [1.54, 1.807) is 0 Å². The van der Waals surface area contributed by atoms with Crippen molar-refractivity contribution in [1.82, 2.24) is 0 Å². The van der Waals surface area contributed by atoms with E-state index in [0.29, 0.717) is 12.0 Å². The molecule has 0 saturated carbocycles. The van der Waals surface area contributed by atoms with Gasteiger partial charge < -0.3 is 9.47 Å². The van der Waals surface area contributed by atoms with Crippen molar-refractivity contribution in [2.75, 3.05) is 14.2 Å². The third-order valence-electron chi connectivity index (χ3n) is 1.57. The van der Waals surface area contributed by atoms with E-state index in [1.165, 1.54) is 20.3 Å². The normalized spacial score (nSPS) is 10.8. The van der Waals surface area contributed by atoms with Crippen LogP contribution in [0.4, 0.5) is 0 Å². The minimum Gasteiger partial charge on any atom is -0.469 e. The van der Waals surface area contributed by atoms with Crippen LogP contribution in [0.25, 0.3) is 0 Å². The van der Waals surface area contributed by atoms with Crippen LogP contribution in [0.15, 0.2) is 11.6 Å². The second-order valence-electron chi connectivity index (χ2n) is 2.35. The summed E-state index contributed by atoms with van der Waals surface area (Å²) in [5.41, 5.74) is 0.493. The smallest absolute Gasteiger partial charge is 0.333 e. The van der Waals surface area contributed by atoms with E-state index in [9.17, 15) is 9.59 Å². The second kappa shape index (κ2) is 6.22. The number of rotatable bonds is 4. The summed E-state index contributed by atoms with van der Waals surface area (Å²) in [4.78, 5) is 21.7. The Labute approximate surface area is 77.5 Å². The number of hydrogen-bond donors (Lipinski definition) is 0. The first-order valence-corrected chi connectivity index (χ1v) is 3.99. The summed E-state index contributed by atoms with van der Waals surface area (Å²) in [5, 5.41) is 0. The Morgan fingerprint density at radius 3 is 2.23 bits per heavy atom. The van der Waals surface area contributed by atoms with Crippen LogP contribution in [-0.4, -0.2) is 26.2 Å². The fourth-order valence-corrected chi connectivity index (χ4v) is 0.793. The van der Waals surface area contributed by atoms with E-state index in [-0.39, 0.29) is 12.4 Å². The summed E-state index contributed by atoms with van der Waals surface area (Å²) in [7, 11) is 2.61. The van der Waals surface area contributed by atoms with E-state index in [4.69, 9.17) is 0 Å². The molecule has 0 atom stereocenters. The Balaban J connectivity index is 4.22. The number of carbonyl (C=O) groups is 2. The first kappa shape index (κ1) is 11.7. The van der Waals surface area contributed by atoms with Gasteiger partial charge in [-0.3, -0.25) is 4.79 Å². The van der Waals surface area contributed by atoms with Crippen molar-refractivity contribution in [2.24, 2.45) is 0 Å². The van der Waals surface area contributed by atoms with Gasteiger partial charge in [0.1, 0.15) is 0 Å². The zero-order valence-electron chi connectivity index (χ0n) is 8.12. The number of esters is 2. The summed E-state index contributed by atoms with van der Waals surface area (Å²) in [5.74, 6) is -0.763. The lowest BCUT2D eigenvalue weighted by Gasteiger charge is -2.01. The lowest BCUT2D eigenvalue weighted by Crippen LogP contribution is -2.05. The molecule has 13 heavy (non-hydrogen) atoms. The molecule has 0 aromatic carbocycles. The summed E-state index contributed by atoms with van der Waals surface area (Å²) in [6, 6.07) is 0. The Morgan fingerprint density at radius 1 is 1.23 bits per heavy atom. The average molecular weight is 186 g/mol. The molecule has 4 nitrogen and oxygen atoms in total. The van der Waals surface area contributed by atoms with Crippen LogP contribution in [0.1, 0.15) is 19.8 Å². The van der Waals surface area contributed by atoms with Gasteiger partial charge in [0.25, 0.3) is 0 Å². The molecule has 0 aliphatic carbocycles. The lowest BCUT2D eigenvalue weighted by molar-refractivity contribution is -0.139. The lowest BCUT2D eigenvalue weighted by atomic mass is 10.2. The third-order valence-corrected chi connectivity index (χ3v) is 1.57. The molecule has 0 spiro atoms. The molecule has 0 amide bonds. The largest absolute Gasteiger partial charge is 0.469 e. The summed E-state index contributed by atoms with van der Waals surface area (Å²) in [6.07, 6.45) is 2.18. The Hall–Kier alpha value is -1.32. The van der Waals surface area contributed by atoms with Crippen molar-refractivity contribution in [3.05, 3.63) is 11.6 Å². The summed E-state index contributed by atoms with van der Waals surface area (Å²) in [6.45, 7) is 1.82. The third kappa shape index (κ3) is 4.30. The van der Waals surface area contributed by atoms with Gasteiger partial charge in [0.05, 0.1) is 20.6 Å². The van der Waals surface area contributed by atoms with Crippen LogP contribution >= 0.6 is 0 Å². The van der Waals surface area contributed by atoms with Gasteiger partial charge in [0, 0.05) is 5.57 Å². The number of carbonyl (C=O) groups excluding carboxylic acids is 2. The minimum absolute atomic E-state index is 0.106. The fraction of sp³-hybridized carbons (Fsp3) is 0.556. The van der Waals surface area contributed by atoms with Crippen molar-refractivity contribution >= 4 is 11.9 Å². The van der Waals surface area contributed by atoms with Gasteiger partial charge in [-0.25, -0.2) is 4.79 Å². The van der Waals surface area contributed by atoms with Crippen molar-refractivity contribution in [1.29, 1.82) is 0 Å². The maximum absolute atomic E-state index is 11.0. The van der Waals surface area contributed by atoms with Crippen LogP contribution in [0.3, 0.4) is 0 Å². The van der Waals surface area contributed by atoms with Crippen LogP contribution in [0.2, 0.25) is 0 Å². The standard InChI is InChI=1S/C9H14O4/c1-4-7(9(11)13-3)5-6-8(10)12-2/h5H,4,6H2,1-3H3/b7-5+. The molecule has 0 fully saturated rings. The van der Waals surface area contributed by atoms with Gasteiger partial charge in [0.2, 0.25) is 0 Å². The highest BCUT2D eigenvalue weighted by molar-refractivity contribution is 5.89. The molecule has 0 bridgehead atoms. The molecular weight excluding hydrogens is 172 g/mol. The average Bonchev–Trinajstić information content (AvgIpc) is 2.17. The van der Waals surface area contributed by atoms with Gasteiger partial charge >= 0.3 is 11.9 Å². The number of hydrogen-bond acceptors (Lipinski definition) is 4. The van der Waals surface area contributed by atoms with E-state index in [1.807, 2.05) is 6.92 Å². The van der Waals surface area contributed by atoms with Crippen molar-refractivity contribution < 1.29 is 19.1 Å². The molecule has 0 heterocycles. The quantitative estimate of drug-likeness (QED) is 0.486. The molecule has 0 aromatic heterocycles. The highest BCUT2D eigenvalue weighted by Crippen LogP contribution is 2.04. The molecule has 0 unspecified atom stereocenters. The van der Waals surface area contributed by atoms with Gasteiger partial charge in [0.15, 0.2) is 0 Å². The first-order chi connectivity index (χ1) is 6.15. The van der Waals surface area contributed by atoms with Crippen molar-refractivity contribution in [3.8, 4) is 0 Å². The topological polar surface area (TPSA) is 52.6 Å². The SMILES string of the molecule is CC/C(=C\CC(=O)OC)C(=O)OC. The molecule has 0 aliphatic heterocycles. The monoisotopic (exact) mass is 186 g/mol. The molecule has 0 aliphatic rings. The molecule has 0 saturated heterocycles. The van der Waals surface area contributed by atoms with Crippen LogP contribution in [0, 0.1) is 0 Å².